The molecule has 1 radical (unpaired) electrons. The van der Waals surface area contributed by atoms with Gasteiger partial charge in [-0.1, -0.05) is 0 Å². The van der Waals surface area contributed by atoms with E-state index in [4.69, 9.17) is 14.4 Å². The summed E-state index contributed by atoms with van der Waals surface area (Å²) in [5.41, 5.74) is 0. The molecular weight excluding hydrogens is 216 g/mol. The standard InChI is InChI=1S/C9H9N2O3S/c1-2-8(15-7-1)10-3-4-12-9(10)11-13-5-6-14-11/h1-2,5-7H,3-4H2. The molecule has 1 saturated heterocycles. The second-order valence-electron chi connectivity index (χ2n) is 2.97. The van der Waals surface area contributed by atoms with E-state index in [1.165, 1.54) is 17.8 Å². The van der Waals surface area contributed by atoms with Crippen LogP contribution in [0.4, 0.5) is 5.00 Å². The first-order valence-corrected chi connectivity index (χ1v) is 5.42. The molecule has 1 fully saturated rings. The molecule has 0 saturated carbocycles. The lowest BCUT2D eigenvalue weighted by molar-refractivity contribution is -0.307. The van der Waals surface area contributed by atoms with Crippen molar-refractivity contribution in [2.75, 3.05) is 18.1 Å². The van der Waals surface area contributed by atoms with Crippen LogP contribution in [0, 0.1) is 6.35 Å². The third kappa shape index (κ3) is 1.56. The summed E-state index contributed by atoms with van der Waals surface area (Å²) in [6.45, 7) is 1.44. The first-order valence-electron chi connectivity index (χ1n) is 4.54. The number of hydrogen-bond acceptors (Lipinski definition) is 6. The van der Waals surface area contributed by atoms with Gasteiger partial charge in [0.25, 0.3) is 0 Å². The van der Waals surface area contributed by atoms with Crippen LogP contribution in [-0.2, 0) is 14.4 Å². The van der Waals surface area contributed by atoms with Crippen LogP contribution < -0.4 is 4.90 Å². The van der Waals surface area contributed by atoms with Gasteiger partial charge in [-0.3, -0.25) is 0 Å². The molecule has 0 spiro atoms. The Kier molecular flexibility index (Phi) is 2.24. The zero-order valence-corrected chi connectivity index (χ0v) is 8.64. The summed E-state index contributed by atoms with van der Waals surface area (Å²) >= 11 is 1.65. The molecule has 6 heteroatoms. The first kappa shape index (κ1) is 9.02. The molecule has 0 unspecified atom stereocenters. The highest BCUT2D eigenvalue weighted by Gasteiger charge is 2.38. The van der Waals surface area contributed by atoms with Crippen LogP contribution in [0.5, 0.6) is 0 Å². The number of rotatable bonds is 2. The van der Waals surface area contributed by atoms with E-state index in [-0.39, 0.29) is 0 Å². The minimum Gasteiger partial charge on any atom is -0.371 e. The number of ether oxygens (including phenoxy) is 1. The molecule has 5 nitrogen and oxygen atoms in total. The molecule has 0 atom stereocenters. The van der Waals surface area contributed by atoms with Crippen molar-refractivity contribution in [2.45, 2.75) is 0 Å². The lowest BCUT2D eigenvalue weighted by Gasteiger charge is -2.25. The molecule has 79 valence electrons. The topological polar surface area (TPSA) is 34.2 Å². The number of anilines is 1. The predicted octanol–water partition coefficient (Wildman–Crippen LogP) is 1.68. The Morgan fingerprint density at radius 1 is 1.27 bits per heavy atom. The molecule has 0 bridgehead atoms. The van der Waals surface area contributed by atoms with E-state index in [9.17, 15) is 0 Å². The Hall–Kier alpha value is -1.24. The Labute approximate surface area is 91.0 Å². The normalized spacial score (nSPS) is 22.0. The van der Waals surface area contributed by atoms with Crippen molar-refractivity contribution < 1.29 is 14.4 Å². The highest BCUT2D eigenvalue weighted by atomic mass is 32.1. The second kappa shape index (κ2) is 3.73. The van der Waals surface area contributed by atoms with Crippen molar-refractivity contribution in [3.8, 4) is 0 Å². The maximum absolute atomic E-state index is 5.46. The monoisotopic (exact) mass is 225 g/mol. The smallest absolute Gasteiger partial charge is 0.343 e. The van der Waals surface area contributed by atoms with Gasteiger partial charge in [-0.05, 0) is 17.5 Å². The van der Waals surface area contributed by atoms with E-state index < -0.39 is 0 Å². The van der Waals surface area contributed by atoms with E-state index in [1.54, 1.807) is 11.3 Å². The fourth-order valence-electron chi connectivity index (χ4n) is 1.46. The molecular formula is C9H9N2O3S. The Bertz CT molecular complexity index is 346. The third-order valence-corrected chi connectivity index (χ3v) is 2.97. The Morgan fingerprint density at radius 3 is 2.87 bits per heavy atom. The van der Waals surface area contributed by atoms with Gasteiger partial charge >= 0.3 is 6.35 Å². The SMILES string of the molecule is C1=CON([C]2OCCN2c2cccs2)O1. The molecule has 2 aliphatic heterocycles. The fourth-order valence-corrected chi connectivity index (χ4v) is 2.21. The average Bonchev–Trinajstić information content (AvgIpc) is 3.01. The second-order valence-corrected chi connectivity index (χ2v) is 3.90. The summed E-state index contributed by atoms with van der Waals surface area (Å²) in [5.74, 6) is 0. The van der Waals surface area contributed by atoms with Crippen molar-refractivity contribution >= 4 is 16.3 Å². The maximum atomic E-state index is 5.46. The van der Waals surface area contributed by atoms with Crippen LogP contribution >= 0.6 is 11.3 Å². The molecule has 15 heavy (non-hydrogen) atoms. The molecule has 3 rings (SSSR count). The number of thiophene rings is 1. The fraction of sp³-hybridized carbons (Fsp3) is 0.222. The maximum Gasteiger partial charge on any atom is 0.343 e. The number of nitrogens with zero attached hydrogens (tertiary/aromatic N) is 2. The number of hydroxylamine groups is 2. The lowest BCUT2D eigenvalue weighted by Crippen LogP contribution is -2.35. The summed E-state index contributed by atoms with van der Waals surface area (Å²) in [6.07, 6.45) is 3.49. The van der Waals surface area contributed by atoms with Gasteiger partial charge < -0.3 is 19.3 Å². The summed E-state index contributed by atoms with van der Waals surface area (Å²) in [6, 6.07) is 4.03. The predicted molar refractivity (Wildman–Crippen MR) is 54.0 cm³/mol. The van der Waals surface area contributed by atoms with Crippen molar-refractivity contribution in [1.82, 2.24) is 5.23 Å². The van der Waals surface area contributed by atoms with Gasteiger partial charge in [0.05, 0.1) is 16.8 Å². The van der Waals surface area contributed by atoms with Crippen LogP contribution in [0.2, 0.25) is 0 Å². The van der Waals surface area contributed by atoms with Gasteiger partial charge in [0.2, 0.25) is 0 Å². The van der Waals surface area contributed by atoms with Gasteiger partial charge in [-0.2, -0.15) is 0 Å². The minimum absolute atomic E-state index is 0.572. The van der Waals surface area contributed by atoms with Crippen LogP contribution in [0.15, 0.2) is 30.0 Å². The van der Waals surface area contributed by atoms with Crippen LogP contribution in [-0.4, -0.2) is 18.4 Å². The molecule has 0 amide bonds. The van der Waals surface area contributed by atoms with E-state index in [2.05, 4.69) is 0 Å². The van der Waals surface area contributed by atoms with Crippen LogP contribution in [0.3, 0.4) is 0 Å². The molecule has 1 aromatic rings. The molecule has 0 N–H and O–H groups in total. The number of hydrogen-bond donors (Lipinski definition) is 0. The van der Waals surface area contributed by atoms with Gasteiger partial charge in [0.1, 0.15) is 0 Å². The lowest BCUT2D eigenvalue weighted by atomic mass is 10.5. The van der Waals surface area contributed by atoms with E-state index in [1.807, 2.05) is 22.4 Å². The zero-order valence-electron chi connectivity index (χ0n) is 7.83. The van der Waals surface area contributed by atoms with Gasteiger partial charge in [-0.15, -0.1) is 11.3 Å². The Balaban J connectivity index is 1.77. The summed E-state index contributed by atoms with van der Waals surface area (Å²) in [5, 5.41) is 4.39. The third-order valence-electron chi connectivity index (χ3n) is 2.07. The molecule has 3 heterocycles. The highest BCUT2D eigenvalue weighted by molar-refractivity contribution is 7.14. The Morgan fingerprint density at radius 2 is 2.13 bits per heavy atom. The zero-order chi connectivity index (χ0) is 10.1. The van der Waals surface area contributed by atoms with Crippen molar-refractivity contribution in [2.24, 2.45) is 0 Å². The average molecular weight is 225 g/mol. The van der Waals surface area contributed by atoms with Gasteiger partial charge in [0, 0.05) is 6.54 Å². The summed E-state index contributed by atoms with van der Waals surface area (Å²) in [4.78, 5) is 12.2. The minimum atomic E-state index is 0.572. The molecule has 2 aliphatic rings. The molecule has 0 aliphatic carbocycles. The first-order chi connectivity index (χ1) is 7.45. The van der Waals surface area contributed by atoms with E-state index >= 15 is 0 Å². The van der Waals surface area contributed by atoms with Crippen LogP contribution in [0.1, 0.15) is 0 Å². The van der Waals surface area contributed by atoms with Gasteiger partial charge in [0.15, 0.2) is 12.5 Å². The summed E-state index contributed by atoms with van der Waals surface area (Å²) < 4.78 is 5.46. The molecule has 0 aromatic carbocycles. The van der Waals surface area contributed by atoms with Crippen molar-refractivity contribution in [1.29, 1.82) is 0 Å². The highest BCUT2D eigenvalue weighted by Crippen LogP contribution is 2.33. The van der Waals surface area contributed by atoms with Gasteiger partial charge in [-0.25, -0.2) is 0 Å². The molecule has 1 aromatic heterocycles. The summed E-state index contributed by atoms with van der Waals surface area (Å²) in [7, 11) is 0. The largest absolute Gasteiger partial charge is 0.371 e. The van der Waals surface area contributed by atoms with E-state index in [0.29, 0.717) is 13.0 Å². The van der Waals surface area contributed by atoms with E-state index in [0.717, 1.165) is 11.5 Å². The van der Waals surface area contributed by atoms with Crippen LogP contribution in [0.25, 0.3) is 0 Å². The van der Waals surface area contributed by atoms with Crippen molar-refractivity contribution in [3.05, 3.63) is 36.4 Å². The quantitative estimate of drug-likeness (QED) is 0.765. The van der Waals surface area contributed by atoms with Crippen molar-refractivity contribution in [3.63, 3.8) is 0 Å².